The van der Waals surface area contributed by atoms with Gasteiger partial charge in [-0.1, -0.05) is 30.3 Å². The van der Waals surface area contributed by atoms with Crippen molar-refractivity contribution < 1.29 is 9.59 Å². The number of aromatic nitrogens is 4. The smallest absolute Gasteiger partial charge is 0.264 e. The number of amides is 2. The predicted octanol–water partition coefficient (Wildman–Crippen LogP) is 2.74. The summed E-state index contributed by atoms with van der Waals surface area (Å²) < 4.78 is 3.20. The van der Waals surface area contributed by atoms with E-state index in [1.807, 2.05) is 63.2 Å². The number of benzene rings is 2. The molecular formula is C28H30N6O3. The van der Waals surface area contributed by atoms with Gasteiger partial charge in [-0.25, -0.2) is 9.67 Å². The average molecular weight is 499 g/mol. The van der Waals surface area contributed by atoms with Crippen LogP contribution in [0.1, 0.15) is 28.7 Å². The minimum absolute atomic E-state index is 0.0485. The van der Waals surface area contributed by atoms with Crippen LogP contribution < -0.4 is 15.8 Å². The van der Waals surface area contributed by atoms with E-state index < -0.39 is 5.92 Å². The number of aryl methyl sites for hydroxylation is 3. The Morgan fingerprint density at radius 3 is 2.65 bits per heavy atom. The lowest BCUT2D eigenvalue weighted by Crippen LogP contribution is -2.35. The van der Waals surface area contributed by atoms with E-state index in [2.05, 4.69) is 15.4 Å². The largest absolute Gasteiger partial charge is 0.354 e. The van der Waals surface area contributed by atoms with Crippen molar-refractivity contribution in [2.75, 3.05) is 18.0 Å². The van der Waals surface area contributed by atoms with Gasteiger partial charge in [-0.15, -0.1) is 0 Å². The second-order valence-electron chi connectivity index (χ2n) is 9.67. The number of carbonyl (C=O) groups excluding carboxylic acids is 2. The van der Waals surface area contributed by atoms with Crippen molar-refractivity contribution in [2.24, 2.45) is 5.92 Å². The second-order valence-corrected chi connectivity index (χ2v) is 9.67. The molecule has 1 saturated heterocycles. The lowest BCUT2D eigenvalue weighted by Gasteiger charge is -2.18. The summed E-state index contributed by atoms with van der Waals surface area (Å²) >= 11 is 0. The number of nitrogens with zero attached hydrogens (tertiary/aromatic N) is 5. The Kier molecular flexibility index (Phi) is 6.60. The summed E-state index contributed by atoms with van der Waals surface area (Å²) in [7, 11) is 0. The number of anilines is 1. The third kappa shape index (κ3) is 4.89. The summed E-state index contributed by atoms with van der Waals surface area (Å²) in [5.41, 5.74) is 5.60. The lowest BCUT2D eigenvalue weighted by molar-refractivity contribution is -0.126. The maximum Gasteiger partial charge on any atom is 0.264 e. The fraction of sp³-hybridized carbons (Fsp3) is 0.321. The summed E-state index contributed by atoms with van der Waals surface area (Å²) in [6, 6.07) is 13.8. The molecule has 3 heterocycles. The molecular weight excluding hydrogens is 468 g/mol. The highest BCUT2D eigenvalue weighted by atomic mass is 16.2. The Labute approximate surface area is 214 Å². The van der Waals surface area contributed by atoms with Crippen LogP contribution in [0.3, 0.4) is 0 Å². The minimum Gasteiger partial charge on any atom is -0.354 e. The topological polar surface area (TPSA) is 102 Å². The molecule has 1 aliphatic heterocycles. The molecule has 190 valence electrons. The van der Waals surface area contributed by atoms with Crippen LogP contribution in [0.4, 0.5) is 5.69 Å². The van der Waals surface area contributed by atoms with Gasteiger partial charge in [0.15, 0.2) is 5.65 Å². The van der Waals surface area contributed by atoms with Gasteiger partial charge in [0.2, 0.25) is 11.8 Å². The summed E-state index contributed by atoms with van der Waals surface area (Å²) in [5.74, 6) is -0.618. The molecule has 1 atom stereocenters. The lowest BCUT2D eigenvalue weighted by atomic mass is 10.1. The van der Waals surface area contributed by atoms with E-state index in [4.69, 9.17) is 0 Å². The Morgan fingerprint density at radius 1 is 1.05 bits per heavy atom. The summed E-state index contributed by atoms with van der Waals surface area (Å²) in [4.78, 5) is 44.5. The first-order valence-corrected chi connectivity index (χ1v) is 12.4. The molecule has 4 aromatic rings. The maximum absolute atomic E-state index is 13.0. The number of rotatable bonds is 7. The number of fused-ring (bicyclic) bond motifs is 1. The first-order valence-electron chi connectivity index (χ1n) is 12.4. The Hall–Kier alpha value is -4.27. The van der Waals surface area contributed by atoms with Crippen LogP contribution in [0.5, 0.6) is 0 Å². The van der Waals surface area contributed by atoms with Crippen LogP contribution >= 0.6 is 0 Å². The van der Waals surface area contributed by atoms with Crippen molar-refractivity contribution in [2.45, 2.75) is 40.3 Å². The monoisotopic (exact) mass is 498 g/mol. The van der Waals surface area contributed by atoms with Crippen LogP contribution in [0.2, 0.25) is 0 Å². The molecule has 0 saturated carbocycles. The molecule has 2 aromatic carbocycles. The summed E-state index contributed by atoms with van der Waals surface area (Å²) in [6.45, 7) is 7.54. The predicted molar refractivity (Wildman–Crippen MR) is 141 cm³/mol. The van der Waals surface area contributed by atoms with E-state index in [-0.39, 0.29) is 23.8 Å². The quantitative estimate of drug-likeness (QED) is 0.422. The van der Waals surface area contributed by atoms with Crippen LogP contribution in [-0.2, 0) is 22.7 Å². The minimum atomic E-state index is -0.407. The first kappa shape index (κ1) is 24.4. The van der Waals surface area contributed by atoms with Crippen molar-refractivity contribution in [1.29, 1.82) is 0 Å². The first-order chi connectivity index (χ1) is 17.8. The van der Waals surface area contributed by atoms with Crippen LogP contribution in [-0.4, -0.2) is 44.2 Å². The van der Waals surface area contributed by atoms with Gasteiger partial charge in [-0.2, -0.15) is 5.10 Å². The number of hydrogen-bond acceptors (Lipinski definition) is 5. The Balaban J connectivity index is 1.21. The third-order valence-electron chi connectivity index (χ3n) is 7.15. The average Bonchev–Trinajstić information content (AvgIpc) is 3.48. The van der Waals surface area contributed by atoms with Gasteiger partial charge in [0.05, 0.1) is 25.2 Å². The van der Waals surface area contributed by atoms with E-state index in [1.165, 1.54) is 6.20 Å². The molecule has 0 radical (unpaired) electrons. The zero-order valence-corrected chi connectivity index (χ0v) is 21.3. The number of hydrogen-bond donors (Lipinski definition) is 1. The Bertz CT molecular complexity index is 1550. The zero-order valence-electron chi connectivity index (χ0n) is 21.3. The van der Waals surface area contributed by atoms with Gasteiger partial charge in [0.1, 0.15) is 11.7 Å². The van der Waals surface area contributed by atoms with E-state index in [0.717, 1.165) is 27.9 Å². The van der Waals surface area contributed by atoms with Crippen LogP contribution in [0, 0.1) is 26.7 Å². The molecule has 0 aliphatic carbocycles. The SMILES string of the molecule is Cc1ccc(N2CC(C(=O)NCCn3ncc4c(=O)n(Cc5ccccc5C)cnc43)CC2=O)cc1C. The van der Waals surface area contributed by atoms with Gasteiger partial charge in [-0.3, -0.25) is 19.0 Å². The fourth-order valence-corrected chi connectivity index (χ4v) is 4.70. The molecule has 1 N–H and O–H groups in total. The van der Waals surface area contributed by atoms with Crippen molar-refractivity contribution >= 4 is 28.5 Å². The normalized spacial score (nSPS) is 15.5. The number of nitrogens with one attached hydrogen (secondary N) is 1. The van der Waals surface area contributed by atoms with Gasteiger partial charge < -0.3 is 10.2 Å². The number of carbonyl (C=O) groups is 2. The summed E-state index contributed by atoms with van der Waals surface area (Å²) in [6.07, 6.45) is 3.25. The zero-order chi connectivity index (χ0) is 26.1. The molecule has 5 rings (SSSR count). The molecule has 0 bridgehead atoms. The standard InChI is InChI=1S/C28H30N6O3/c1-18-8-9-23(12-20(18)3)33-16-22(13-25(33)35)27(36)29-10-11-34-26-24(14-31-34)28(37)32(17-30-26)15-21-7-5-4-6-19(21)2/h4-9,12,14,17,22H,10-11,13,15-16H2,1-3H3,(H,29,36). The van der Waals surface area contributed by atoms with Crippen molar-refractivity contribution in [3.05, 3.63) is 87.6 Å². The highest BCUT2D eigenvalue weighted by Crippen LogP contribution is 2.27. The van der Waals surface area contributed by atoms with E-state index in [9.17, 15) is 14.4 Å². The Morgan fingerprint density at radius 2 is 1.86 bits per heavy atom. The highest BCUT2D eigenvalue weighted by Gasteiger charge is 2.35. The second kappa shape index (κ2) is 10.0. The molecule has 9 nitrogen and oxygen atoms in total. The molecule has 1 fully saturated rings. The molecule has 2 amide bonds. The summed E-state index contributed by atoms with van der Waals surface area (Å²) in [5, 5.41) is 7.68. The van der Waals surface area contributed by atoms with Gasteiger partial charge in [-0.05, 0) is 55.2 Å². The fourth-order valence-electron chi connectivity index (χ4n) is 4.70. The van der Waals surface area contributed by atoms with Crippen LogP contribution in [0.25, 0.3) is 11.0 Å². The van der Waals surface area contributed by atoms with Crippen LogP contribution in [0.15, 0.2) is 59.8 Å². The van der Waals surface area contributed by atoms with E-state index in [1.54, 1.807) is 20.5 Å². The van der Waals surface area contributed by atoms with Crippen molar-refractivity contribution in [3.8, 4) is 0 Å². The molecule has 0 spiro atoms. The van der Waals surface area contributed by atoms with Crippen molar-refractivity contribution in [1.82, 2.24) is 24.6 Å². The van der Waals surface area contributed by atoms with Gasteiger partial charge >= 0.3 is 0 Å². The van der Waals surface area contributed by atoms with Gasteiger partial charge in [0, 0.05) is 25.2 Å². The molecule has 1 unspecified atom stereocenters. The van der Waals surface area contributed by atoms with E-state index in [0.29, 0.717) is 37.2 Å². The van der Waals surface area contributed by atoms with Crippen molar-refractivity contribution in [3.63, 3.8) is 0 Å². The highest BCUT2D eigenvalue weighted by molar-refractivity contribution is 6.00. The molecule has 1 aliphatic rings. The molecule has 37 heavy (non-hydrogen) atoms. The molecule has 2 aromatic heterocycles. The van der Waals surface area contributed by atoms with E-state index >= 15 is 0 Å². The third-order valence-corrected chi connectivity index (χ3v) is 7.15. The van der Waals surface area contributed by atoms with Gasteiger partial charge in [0.25, 0.3) is 5.56 Å². The maximum atomic E-state index is 13.0. The molecule has 9 heteroatoms.